The van der Waals surface area contributed by atoms with E-state index in [0.717, 1.165) is 12.8 Å². The van der Waals surface area contributed by atoms with Crippen LogP contribution < -0.4 is 10.6 Å². The van der Waals surface area contributed by atoms with Crippen molar-refractivity contribution in [2.45, 2.75) is 18.4 Å². The zero-order valence-corrected chi connectivity index (χ0v) is 10.1. The van der Waals surface area contributed by atoms with Crippen LogP contribution in [-0.4, -0.2) is 28.5 Å². The summed E-state index contributed by atoms with van der Waals surface area (Å²) in [4.78, 5) is 19.3. The van der Waals surface area contributed by atoms with E-state index in [1.807, 2.05) is 0 Å². The van der Waals surface area contributed by atoms with E-state index in [-0.39, 0.29) is 11.2 Å². The van der Waals surface area contributed by atoms with Gasteiger partial charge in [0.15, 0.2) is 5.82 Å². The number of rotatable bonds is 3. The van der Waals surface area contributed by atoms with E-state index < -0.39 is 5.54 Å². The number of nitrogens with zero attached hydrogens (tertiary/aromatic N) is 2. The predicted molar refractivity (Wildman–Crippen MR) is 61.7 cm³/mol. The topological polar surface area (TPSA) is 66.9 Å². The van der Waals surface area contributed by atoms with Crippen molar-refractivity contribution in [3.05, 3.63) is 16.5 Å². The Bertz CT molecular complexity index is 434. The second kappa shape index (κ2) is 4.07. The molecule has 0 unspecified atom stereocenters. The van der Waals surface area contributed by atoms with Crippen LogP contribution in [0, 0.1) is 0 Å². The Hall–Kier alpha value is -1.07. The molecule has 0 spiro atoms. The number of halogens is 2. The van der Waals surface area contributed by atoms with Crippen LogP contribution in [0.2, 0.25) is 10.3 Å². The standard InChI is InChI=1S/C9H10Cl2N4O/c1-12-7(16)9(2-3-9)15-6-5(10)4-13-8(11)14-6/h4H,2-3H2,1H3,(H,12,16)(H,13,14,15). The SMILES string of the molecule is CNC(=O)C1(Nc2nc(Cl)ncc2Cl)CC1. The van der Waals surface area contributed by atoms with Crippen LogP contribution in [-0.2, 0) is 4.79 Å². The highest BCUT2D eigenvalue weighted by atomic mass is 35.5. The average Bonchev–Trinajstić information content (AvgIpc) is 3.03. The maximum absolute atomic E-state index is 11.6. The van der Waals surface area contributed by atoms with Gasteiger partial charge in [0.1, 0.15) is 10.6 Å². The van der Waals surface area contributed by atoms with E-state index in [1.54, 1.807) is 7.05 Å². The molecule has 0 atom stereocenters. The molecule has 1 heterocycles. The van der Waals surface area contributed by atoms with Crippen LogP contribution in [0.25, 0.3) is 0 Å². The van der Waals surface area contributed by atoms with E-state index in [4.69, 9.17) is 23.2 Å². The highest BCUT2D eigenvalue weighted by molar-refractivity contribution is 6.33. The third-order valence-electron chi connectivity index (χ3n) is 2.48. The van der Waals surface area contributed by atoms with Crippen LogP contribution in [0.4, 0.5) is 5.82 Å². The fourth-order valence-electron chi connectivity index (χ4n) is 1.43. The number of carbonyl (C=O) groups excluding carboxylic acids is 1. The molecule has 0 aromatic carbocycles. The monoisotopic (exact) mass is 260 g/mol. The summed E-state index contributed by atoms with van der Waals surface area (Å²) < 4.78 is 0. The summed E-state index contributed by atoms with van der Waals surface area (Å²) in [5.74, 6) is 0.320. The molecule has 2 rings (SSSR count). The Balaban J connectivity index is 2.21. The lowest BCUT2D eigenvalue weighted by atomic mass is 10.2. The Morgan fingerprint density at radius 3 is 2.75 bits per heavy atom. The molecule has 86 valence electrons. The molecular weight excluding hydrogens is 251 g/mol. The predicted octanol–water partition coefficient (Wildman–Crippen LogP) is 1.47. The van der Waals surface area contributed by atoms with E-state index in [9.17, 15) is 4.79 Å². The van der Waals surface area contributed by atoms with Crippen molar-refractivity contribution in [1.82, 2.24) is 15.3 Å². The van der Waals surface area contributed by atoms with Gasteiger partial charge >= 0.3 is 0 Å². The molecule has 0 saturated heterocycles. The molecule has 1 aromatic rings. The van der Waals surface area contributed by atoms with Crippen LogP contribution in [0.5, 0.6) is 0 Å². The highest BCUT2D eigenvalue weighted by Gasteiger charge is 2.50. The van der Waals surface area contributed by atoms with Crippen molar-refractivity contribution in [2.75, 3.05) is 12.4 Å². The minimum absolute atomic E-state index is 0.0710. The molecule has 5 nitrogen and oxygen atoms in total. The summed E-state index contributed by atoms with van der Waals surface area (Å²) in [5, 5.41) is 6.05. The number of hydrogen-bond donors (Lipinski definition) is 2. The zero-order valence-electron chi connectivity index (χ0n) is 8.55. The summed E-state index contributed by atoms with van der Waals surface area (Å²) in [6.07, 6.45) is 2.91. The number of aromatic nitrogens is 2. The van der Waals surface area contributed by atoms with E-state index in [0.29, 0.717) is 10.8 Å². The number of nitrogens with one attached hydrogen (secondary N) is 2. The van der Waals surface area contributed by atoms with Crippen LogP contribution >= 0.6 is 23.2 Å². The third-order valence-corrected chi connectivity index (χ3v) is 2.94. The fourth-order valence-corrected chi connectivity index (χ4v) is 1.70. The smallest absolute Gasteiger partial charge is 0.245 e. The normalized spacial score (nSPS) is 16.7. The molecule has 1 aromatic heterocycles. The first kappa shape index (κ1) is 11.4. The molecule has 16 heavy (non-hydrogen) atoms. The second-order valence-electron chi connectivity index (χ2n) is 3.62. The van der Waals surface area contributed by atoms with Crippen molar-refractivity contribution in [3.63, 3.8) is 0 Å². The summed E-state index contributed by atoms with van der Waals surface area (Å²) >= 11 is 11.6. The lowest BCUT2D eigenvalue weighted by Crippen LogP contribution is -2.40. The Kier molecular flexibility index (Phi) is 2.90. The highest BCUT2D eigenvalue weighted by Crippen LogP contribution is 2.40. The minimum atomic E-state index is -0.587. The first-order valence-corrected chi connectivity index (χ1v) is 5.51. The van der Waals surface area contributed by atoms with E-state index >= 15 is 0 Å². The lowest BCUT2D eigenvalue weighted by molar-refractivity contribution is -0.122. The van der Waals surface area contributed by atoms with Gasteiger partial charge in [0.25, 0.3) is 0 Å². The van der Waals surface area contributed by atoms with Gasteiger partial charge in [-0.2, -0.15) is 4.98 Å². The zero-order chi connectivity index (χ0) is 11.8. The molecule has 1 saturated carbocycles. The lowest BCUT2D eigenvalue weighted by Gasteiger charge is -2.16. The summed E-state index contributed by atoms with van der Waals surface area (Å²) in [7, 11) is 1.60. The van der Waals surface area contributed by atoms with E-state index in [1.165, 1.54) is 6.20 Å². The van der Waals surface area contributed by atoms with Gasteiger partial charge in [-0.1, -0.05) is 11.6 Å². The quantitative estimate of drug-likeness (QED) is 0.808. The average molecular weight is 261 g/mol. The first-order chi connectivity index (χ1) is 7.57. The number of likely N-dealkylation sites (N-methyl/N-ethyl adjacent to an activating group) is 1. The molecular formula is C9H10Cl2N4O. The second-order valence-corrected chi connectivity index (χ2v) is 4.37. The van der Waals surface area contributed by atoms with Gasteiger partial charge < -0.3 is 10.6 Å². The van der Waals surface area contributed by atoms with Crippen LogP contribution in [0.3, 0.4) is 0 Å². The summed E-state index contributed by atoms with van der Waals surface area (Å²) in [6, 6.07) is 0. The van der Waals surface area contributed by atoms with Gasteiger partial charge in [0.2, 0.25) is 11.2 Å². The number of anilines is 1. The molecule has 0 bridgehead atoms. The van der Waals surface area contributed by atoms with Crippen molar-refractivity contribution < 1.29 is 4.79 Å². The summed E-state index contributed by atoms with van der Waals surface area (Å²) in [5.41, 5.74) is -0.587. The van der Waals surface area contributed by atoms with Gasteiger partial charge in [-0.3, -0.25) is 4.79 Å². The van der Waals surface area contributed by atoms with Gasteiger partial charge in [-0.05, 0) is 24.4 Å². The molecule has 7 heteroatoms. The molecule has 0 aliphatic heterocycles. The third kappa shape index (κ3) is 2.05. The van der Waals surface area contributed by atoms with Gasteiger partial charge in [-0.25, -0.2) is 4.98 Å². The Labute approximate surface area is 103 Å². The maximum Gasteiger partial charge on any atom is 0.245 e. The van der Waals surface area contributed by atoms with Gasteiger partial charge in [-0.15, -0.1) is 0 Å². The van der Waals surface area contributed by atoms with E-state index in [2.05, 4.69) is 20.6 Å². The molecule has 0 radical (unpaired) electrons. The van der Waals surface area contributed by atoms with Crippen molar-refractivity contribution in [2.24, 2.45) is 0 Å². The Morgan fingerprint density at radius 2 is 2.19 bits per heavy atom. The fraction of sp³-hybridized carbons (Fsp3) is 0.444. The molecule has 2 N–H and O–H groups in total. The molecule has 1 amide bonds. The molecule has 1 fully saturated rings. The van der Waals surface area contributed by atoms with Crippen molar-refractivity contribution in [1.29, 1.82) is 0 Å². The summed E-state index contributed by atoms with van der Waals surface area (Å²) in [6.45, 7) is 0. The maximum atomic E-state index is 11.6. The first-order valence-electron chi connectivity index (χ1n) is 4.76. The number of carbonyl (C=O) groups is 1. The number of amides is 1. The van der Waals surface area contributed by atoms with Crippen molar-refractivity contribution >= 4 is 34.9 Å². The Morgan fingerprint density at radius 1 is 1.50 bits per heavy atom. The number of hydrogen-bond acceptors (Lipinski definition) is 4. The van der Waals surface area contributed by atoms with Crippen LogP contribution in [0.15, 0.2) is 6.20 Å². The van der Waals surface area contributed by atoms with Gasteiger partial charge in [0, 0.05) is 7.05 Å². The minimum Gasteiger partial charge on any atom is -0.357 e. The van der Waals surface area contributed by atoms with Crippen molar-refractivity contribution in [3.8, 4) is 0 Å². The van der Waals surface area contributed by atoms with Gasteiger partial charge in [0.05, 0.1) is 6.20 Å². The largest absolute Gasteiger partial charge is 0.357 e. The molecule has 1 aliphatic carbocycles. The van der Waals surface area contributed by atoms with Crippen LogP contribution in [0.1, 0.15) is 12.8 Å². The molecule has 1 aliphatic rings.